The Kier molecular flexibility index (Phi) is 4.98. The normalized spacial score (nSPS) is 32.0. The third-order valence-corrected chi connectivity index (χ3v) is 7.02. The van der Waals surface area contributed by atoms with E-state index in [0.717, 1.165) is 24.5 Å². The molecule has 4 rings (SSSR count). The molecule has 24 heavy (non-hydrogen) atoms. The highest BCUT2D eigenvalue weighted by Crippen LogP contribution is 2.61. The number of carbonyl (C=O) groups is 1. The summed E-state index contributed by atoms with van der Waals surface area (Å²) < 4.78 is 5.42. The number of nitrogens with one attached hydrogen (secondary N) is 1. The number of fused-ring (bicyclic) bond motifs is 2. The lowest BCUT2D eigenvalue weighted by atomic mass is 9.45. The molecule has 1 amide bonds. The molecule has 5 nitrogen and oxygen atoms in total. The quantitative estimate of drug-likeness (QED) is 0.822. The zero-order valence-electron chi connectivity index (χ0n) is 15.0. The van der Waals surface area contributed by atoms with Gasteiger partial charge in [0.15, 0.2) is 5.69 Å². The van der Waals surface area contributed by atoms with E-state index in [2.05, 4.69) is 31.1 Å². The minimum absolute atomic E-state index is 0.141. The number of nitrogens with two attached hydrogens (primary N) is 1. The molecule has 1 aromatic rings. The monoisotopic (exact) mass is 351 g/mol. The molecule has 1 heterocycles. The van der Waals surface area contributed by atoms with Crippen molar-refractivity contribution < 1.29 is 9.21 Å². The molecule has 0 aliphatic heterocycles. The van der Waals surface area contributed by atoms with Crippen LogP contribution in [-0.2, 0) is 0 Å². The molecule has 6 heteroatoms. The van der Waals surface area contributed by atoms with Crippen LogP contribution in [0.1, 0.15) is 62.5 Å². The Balaban J connectivity index is 1.59. The van der Waals surface area contributed by atoms with E-state index in [9.17, 15) is 4.79 Å². The number of thioether (sulfide) groups is 1. The molecule has 3 aliphatic carbocycles. The first-order valence-electron chi connectivity index (χ1n) is 8.85. The van der Waals surface area contributed by atoms with Crippen LogP contribution in [0.3, 0.4) is 0 Å². The Labute approximate surface area is 148 Å². The van der Waals surface area contributed by atoms with Crippen LogP contribution in [0.15, 0.2) is 10.7 Å². The maximum absolute atomic E-state index is 12.5. The third-order valence-electron chi connectivity index (χ3n) is 6.38. The molecule has 0 aromatic carbocycles. The first-order chi connectivity index (χ1) is 11.3. The van der Waals surface area contributed by atoms with Crippen molar-refractivity contribution in [2.24, 2.45) is 28.9 Å². The van der Waals surface area contributed by atoms with Gasteiger partial charge in [-0.25, -0.2) is 4.98 Å². The van der Waals surface area contributed by atoms with Crippen LogP contribution in [0.2, 0.25) is 0 Å². The molecule has 0 radical (unpaired) electrons. The second-order valence-electron chi connectivity index (χ2n) is 7.99. The van der Waals surface area contributed by atoms with Crippen molar-refractivity contribution >= 4 is 17.7 Å². The number of oxazole rings is 1. The van der Waals surface area contributed by atoms with Gasteiger partial charge in [-0.05, 0) is 54.4 Å². The summed E-state index contributed by atoms with van der Waals surface area (Å²) >= 11 is 1.74. The molecule has 134 valence electrons. The molecular weight excluding hydrogens is 322 g/mol. The number of nitrogens with zero attached hydrogens (tertiary/aromatic N) is 1. The average Bonchev–Trinajstić information content (AvgIpc) is 3.04. The van der Waals surface area contributed by atoms with E-state index in [0.29, 0.717) is 28.8 Å². The molecule has 1 aromatic heterocycles. The maximum atomic E-state index is 12.5. The summed E-state index contributed by atoms with van der Waals surface area (Å²) in [5.74, 6) is 3.19. The van der Waals surface area contributed by atoms with Crippen molar-refractivity contribution in [3.63, 3.8) is 0 Å². The van der Waals surface area contributed by atoms with Crippen molar-refractivity contribution in [1.82, 2.24) is 10.3 Å². The summed E-state index contributed by atoms with van der Waals surface area (Å²) in [5.41, 5.74) is 6.82. The van der Waals surface area contributed by atoms with E-state index in [1.54, 1.807) is 11.8 Å². The van der Waals surface area contributed by atoms with Crippen molar-refractivity contribution in [3.8, 4) is 0 Å². The summed E-state index contributed by atoms with van der Waals surface area (Å²) in [5, 5.41) is 3.17. The minimum Gasteiger partial charge on any atom is -0.446 e. The fourth-order valence-electron chi connectivity index (χ4n) is 4.51. The summed E-state index contributed by atoms with van der Waals surface area (Å²) in [7, 11) is 0. The van der Waals surface area contributed by atoms with E-state index < -0.39 is 0 Å². The topological polar surface area (TPSA) is 81.1 Å². The fraction of sp³-hybridized carbons (Fsp3) is 0.778. The van der Waals surface area contributed by atoms with Crippen molar-refractivity contribution in [1.29, 1.82) is 0 Å². The van der Waals surface area contributed by atoms with Crippen LogP contribution in [0, 0.1) is 23.2 Å². The van der Waals surface area contributed by atoms with Crippen LogP contribution in [0.25, 0.3) is 0 Å². The summed E-state index contributed by atoms with van der Waals surface area (Å²) in [6, 6.07) is -0.0133. The lowest BCUT2D eigenvalue weighted by Gasteiger charge is -2.62. The van der Waals surface area contributed by atoms with Crippen molar-refractivity contribution in [2.45, 2.75) is 52.1 Å². The lowest BCUT2D eigenvalue weighted by Crippen LogP contribution is -2.60. The molecule has 0 spiro atoms. The van der Waals surface area contributed by atoms with Gasteiger partial charge in [-0.1, -0.05) is 20.8 Å². The van der Waals surface area contributed by atoms with E-state index >= 15 is 0 Å². The third kappa shape index (κ3) is 3.10. The molecule has 3 aliphatic rings. The van der Waals surface area contributed by atoms with Crippen LogP contribution in [0.5, 0.6) is 0 Å². The average molecular weight is 352 g/mol. The van der Waals surface area contributed by atoms with Crippen LogP contribution in [0.4, 0.5) is 0 Å². The fourth-order valence-corrected chi connectivity index (χ4v) is 5.00. The standard InChI is InChI=1S/C18H29N3O2S/c1-10-12-7-11(18(12,2)3)8-14(10)20-16(22)15-9-23-17(21-15)13(19)5-6-24-4/h9-14H,5-8,19H2,1-4H3,(H,20,22). The van der Waals surface area contributed by atoms with Gasteiger partial charge in [-0.15, -0.1) is 0 Å². The highest BCUT2D eigenvalue weighted by atomic mass is 32.2. The first-order valence-corrected chi connectivity index (χ1v) is 10.2. The smallest absolute Gasteiger partial charge is 0.273 e. The second-order valence-corrected chi connectivity index (χ2v) is 8.98. The first kappa shape index (κ1) is 17.8. The predicted octanol–water partition coefficient (Wildman–Crippen LogP) is 3.23. The van der Waals surface area contributed by atoms with Crippen molar-refractivity contribution in [2.75, 3.05) is 12.0 Å². The zero-order valence-corrected chi connectivity index (χ0v) is 15.9. The van der Waals surface area contributed by atoms with Gasteiger partial charge >= 0.3 is 0 Å². The molecule has 3 N–H and O–H groups in total. The van der Waals surface area contributed by atoms with Gasteiger partial charge in [-0.3, -0.25) is 4.79 Å². The molecule has 5 unspecified atom stereocenters. The molecule has 3 fully saturated rings. The Morgan fingerprint density at radius 1 is 1.54 bits per heavy atom. The van der Waals surface area contributed by atoms with E-state index in [1.807, 2.05) is 6.26 Å². The Morgan fingerprint density at radius 3 is 2.92 bits per heavy atom. The molecule has 5 atom stereocenters. The van der Waals surface area contributed by atoms with Crippen molar-refractivity contribution in [3.05, 3.63) is 17.8 Å². The lowest BCUT2D eigenvalue weighted by molar-refractivity contribution is -0.113. The number of hydrogen-bond acceptors (Lipinski definition) is 5. The number of rotatable bonds is 6. The Hall–Kier alpha value is -1.01. The van der Waals surface area contributed by atoms with Gasteiger partial charge in [0, 0.05) is 6.04 Å². The zero-order chi connectivity index (χ0) is 17.5. The van der Waals surface area contributed by atoms with Gasteiger partial charge in [0.1, 0.15) is 6.26 Å². The van der Waals surface area contributed by atoms with Gasteiger partial charge in [0.05, 0.1) is 6.04 Å². The van der Waals surface area contributed by atoms with Crippen LogP contribution < -0.4 is 11.1 Å². The number of aromatic nitrogens is 1. The van der Waals surface area contributed by atoms with Gasteiger partial charge in [-0.2, -0.15) is 11.8 Å². The van der Waals surface area contributed by atoms with E-state index in [1.165, 1.54) is 12.7 Å². The number of hydrogen-bond donors (Lipinski definition) is 2. The van der Waals surface area contributed by atoms with Gasteiger partial charge in [0.2, 0.25) is 5.89 Å². The number of carbonyl (C=O) groups excluding carboxylic acids is 1. The summed E-state index contributed by atoms with van der Waals surface area (Å²) in [6.07, 6.45) is 6.63. The predicted molar refractivity (Wildman–Crippen MR) is 96.8 cm³/mol. The maximum Gasteiger partial charge on any atom is 0.273 e. The van der Waals surface area contributed by atoms with Gasteiger partial charge in [0.25, 0.3) is 5.91 Å². The van der Waals surface area contributed by atoms with Crippen LogP contribution >= 0.6 is 11.8 Å². The second kappa shape index (κ2) is 6.71. The SMILES string of the molecule is CSCCC(N)c1nc(C(=O)NC2CC3CC(C2C)C3(C)C)co1. The highest BCUT2D eigenvalue weighted by Gasteiger charge is 2.56. The highest BCUT2D eigenvalue weighted by molar-refractivity contribution is 7.98. The minimum atomic E-state index is -0.249. The summed E-state index contributed by atoms with van der Waals surface area (Å²) in [6.45, 7) is 6.99. The number of amides is 1. The van der Waals surface area contributed by atoms with Crippen LogP contribution in [-0.4, -0.2) is 28.9 Å². The van der Waals surface area contributed by atoms with Gasteiger partial charge < -0.3 is 15.5 Å². The molecule has 3 saturated carbocycles. The molecule has 0 saturated heterocycles. The molecule has 2 bridgehead atoms. The summed E-state index contributed by atoms with van der Waals surface area (Å²) in [4.78, 5) is 16.8. The molecular formula is C18H29N3O2S. The Bertz CT molecular complexity index is 601. The van der Waals surface area contributed by atoms with E-state index in [-0.39, 0.29) is 18.0 Å². The largest absolute Gasteiger partial charge is 0.446 e. The van der Waals surface area contributed by atoms with E-state index in [4.69, 9.17) is 10.2 Å². The Morgan fingerprint density at radius 2 is 2.29 bits per heavy atom.